The number of hydrogen-bond donors (Lipinski definition) is 2. The van der Waals surface area contributed by atoms with Gasteiger partial charge in [-0.05, 0) is 18.4 Å². The maximum atomic E-state index is 10.9. The van der Waals surface area contributed by atoms with Crippen molar-refractivity contribution in [2.45, 2.75) is 17.3 Å². The first-order valence-electron chi connectivity index (χ1n) is 4.59. The Morgan fingerprint density at radius 3 is 3.12 bits per heavy atom. The van der Waals surface area contributed by atoms with Crippen molar-refractivity contribution < 1.29 is 4.79 Å². The molecule has 2 rings (SSSR count). The van der Waals surface area contributed by atoms with Gasteiger partial charge in [0.1, 0.15) is 0 Å². The summed E-state index contributed by atoms with van der Waals surface area (Å²) in [6, 6.07) is 3.90. The first kappa shape index (κ1) is 11.2. The molecule has 0 bridgehead atoms. The van der Waals surface area contributed by atoms with E-state index in [1.807, 2.05) is 17.5 Å². The second-order valence-electron chi connectivity index (χ2n) is 3.11. The van der Waals surface area contributed by atoms with Gasteiger partial charge in [0.15, 0.2) is 5.82 Å². The van der Waals surface area contributed by atoms with Crippen molar-refractivity contribution in [2.75, 3.05) is 0 Å². The summed E-state index contributed by atoms with van der Waals surface area (Å²) in [4.78, 5) is 16.2. The Labute approximate surface area is 100 Å². The van der Waals surface area contributed by atoms with E-state index < -0.39 is 0 Å². The lowest BCUT2D eigenvalue weighted by Crippen LogP contribution is -2.22. The van der Waals surface area contributed by atoms with Crippen LogP contribution >= 0.6 is 23.1 Å². The minimum atomic E-state index is -0.368. The third-order valence-corrected chi connectivity index (χ3v) is 3.76. The molecule has 5 nitrogen and oxygen atoms in total. The summed E-state index contributed by atoms with van der Waals surface area (Å²) in [5.41, 5.74) is 5.16. The fraction of sp³-hybridized carbons (Fsp3) is 0.222. The van der Waals surface area contributed by atoms with Gasteiger partial charge in [0.05, 0.1) is 10.1 Å². The molecular weight excluding hydrogens is 244 g/mol. The zero-order valence-corrected chi connectivity index (χ0v) is 10.1. The van der Waals surface area contributed by atoms with Gasteiger partial charge in [-0.3, -0.25) is 9.89 Å². The highest BCUT2D eigenvalue weighted by molar-refractivity contribution is 8.00. The smallest absolute Gasteiger partial charge is 0.230 e. The fourth-order valence-corrected chi connectivity index (χ4v) is 2.38. The zero-order chi connectivity index (χ0) is 11.5. The molecule has 0 aromatic carbocycles. The van der Waals surface area contributed by atoms with Crippen molar-refractivity contribution in [3.63, 3.8) is 0 Å². The highest BCUT2D eigenvalue weighted by Crippen LogP contribution is 2.24. The monoisotopic (exact) mass is 254 g/mol. The summed E-state index contributed by atoms with van der Waals surface area (Å²) in [7, 11) is 0. The van der Waals surface area contributed by atoms with Crippen LogP contribution in [-0.4, -0.2) is 26.3 Å². The lowest BCUT2D eigenvalue weighted by molar-refractivity contribution is -0.117. The molecule has 16 heavy (non-hydrogen) atoms. The van der Waals surface area contributed by atoms with E-state index >= 15 is 0 Å². The van der Waals surface area contributed by atoms with Crippen molar-refractivity contribution in [3.8, 4) is 10.7 Å². The molecule has 84 valence electrons. The molecule has 1 amide bonds. The summed E-state index contributed by atoms with van der Waals surface area (Å²) < 4.78 is 0. The molecule has 1 atom stereocenters. The van der Waals surface area contributed by atoms with Crippen molar-refractivity contribution in [1.82, 2.24) is 15.2 Å². The van der Waals surface area contributed by atoms with E-state index in [0.717, 1.165) is 4.88 Å². The van der Waals surface area contributed by atoms with Crippen LogP contribution in [0.25, 0.3) is 10.7 Å². The molecule has 7 heteroatoms. The molecule has 0 aliphatic carbocycles. The molecule has 0 unspecified atom stereocenters. The Kier molecular flexibility index (Phi) is 3.25. The lowest BCUT2D eigenvalue weighted by atomic mass is 10.4. The molecule has 0 aliphatic rings. The lowest BCUT2D eigenvalue weighted by Gasteiger charge is -2.01. The molecule has 0 spiro atoms. The van der Waals surface area contributed by atoms with Gasteiger partial charge in [-0.15, -0.1) is 16.4 Å². The highest BCUT2D eigenvalue weighted by atomic mass is 32.2. The maximum Gasteiger partial charge on any atom is 0.230 e. The quantitative estimate of drug-likeness (QED) is 0.810. The number of aromatic nitrogens is 3. The van der Waals surface area contributed by atoms with Gasteiger partial charge in [-0.25, -0.2) is 4.98 Å². The zero-order valence-electron chi connectivity index (χ0n) is 8.51. The van der Waals surface area contributed by atoms with E-state index in [1.165, 1.54) is 11.8 Å². The summed E-state index contributed by atoms with van der Waals surface area (Å²) in [5.74, 6) is 0.349. The number of nitrogens with one attached hydrogen (secondary N) is 1. The van der Waals surface area contributed by atoms with Gasteiger partial charge in [0, 0.05) is 0 Å². The molecule has 0 aliphatic heterocycles. The summed E-state index contributed by atoms with van der Waals surface area (Å²) in [6.45, 7) is 1.73. The summed E-state index contributed by atoms with van der Waals surface area (Å²) in [6.07, 6.45) is 0. The second-order valence-corrected chi connectivity index (χ2v) is 5.36. The molecule has 0 saturated carbocycles. The van der Waals surface area contributed by atoms with Crippen LogP contribution in [0.2, 0.25) is 0 Å². The number of thioether (sulfide) groups is 1. The predicted octanol–water partition coefficient (Wildman–Crippen LogP) is 1.50. The SMILES string of the molecule is C[C@@H](Sc1n[nH]c(-c2cccs2)n1)C(N)=O. The highest BCUT2D eigenvalue weighted by Gasteiger charge is 2.14. The molecule has 2 aromatic rings. The minimum absolute atomic E-state index is 0.327. The van der Waals surface area contributed by atoms with Crippen LogP contribution in [0.4, 0.5) is 0 Å². The Morgan fingerprint density at radius 1 is 1.69 bits per heavy atom. The first-order chi connectivity index (χ1) is 7.66. The van der Waals surface area contributed by atoms with Crippen LogP contribution < -0.4 is 5.73 Å². The number of amides is 1. The number of hydrogen-bond acceptors (Lipinski definition) is 5. The first-order valence-corrected chi connectivity index (χ1v) is 6.35. The van der Waals surface area contributed by atoms with E-state index in [9.17, 15) is 4.79 Å². The fourth-order valence-electron chi connectivity index (χ4n) is 1.04. The second kappa shape index (κ2) is 4.67. The number of primary amides is 1. The van der Waals surface area contributed by atoms with Crippen LogP contribution in [0.1, 0.15) is 6.92 Å². The normalized spacial score (nSPS) is 12.6. The molecule has 2 aromatic heterocycles. The number of H-pyrrole nitrogens is 1. The third-order valence-electron chi connectivity index (χ3n) is 1.90. The largest absolute Gasteiger partial charge is 0.369 e. The molecule has 2 heterocycles. The van der Waals surface area contributed by atoms with Crippen LogP contribution in [0, 0.1) is 0 Å². The van der Waals surface area contributed by atoms with E-state index in [4.69, 9.17) is 5.73 Å². The van der Waals surface area contributed by atoms with E-state index in [-0.39, 0.29) is 11.2 Å². The molecule has 0 radical (unpaired) electrons. The van der Waals surface area contributed by atoms with Crippen LogP contribution in [0.15, 0.2) is 22.7 Å². The van der Waals surface area contributed by atoms with Crippen LogP contribution in [-0.2, 0) is 4.79 Å². The average molecular weight is 254 g/mol. The van der Waals surface area contributed by atoms with Gasteiger partial charge in [0.25, 0.3) is 0 Å². The van der Waals surface area contributed by atoms with Crippen LogP contribution in [0.5, 0.6) is 0 Å². The number of nitrogens with zero attached hydrogens (tertiary/aromatic N) is 2. The van der Waals surface area contributed by atoms with E-state index in [0.29, 0.717) is 11.0 Å². The Balaban J connectivity index is 2.11. The van der Waals surface area contributed by atoms with E-state index in [1.54, 1.807) is 18.3 Å². The Morgan fingerprint density at radius 2 is 2.50 bits per heavy atom. The number of aromatic amines is 1. The van der Waals surface area contributed by atoms with Crippen molar-refractivity contribution in [1.29, 1.82) is 0 Å². The van der Waals surface area contributed by atoms with E-state index in [2.05, 4.69) is 15.2 Å². The number of rotatable bonds is 4. The van der Waals surface area contributed by atoms with Gasteiger partial charge in [0.2, 0.25) is 11.1 Å². The third kappa shape index (κ3) is 2.42. The molecule has 0 fully saturated rings. The van der Waals surface area contributed by atoms with Gasteiger partial charge >= 0.3 is 0 Å². The molecular formula is C9H10N4OS2. The number of nitrogens with two attached hydrogens (primary N) is 1. The number of carbonyl (C=O) groups is 1. The average Bonchev–Trinajstić information content (AvgIpc) is 2.85. The van der Waals surface area contributed by atoms with Gasteiger partial charge < -0.3 is 5.73 Å². The Hall–Kier alpha value is -1.34. The van der Waals surface area contributed by atoms with Gasteiger partial charge in [-0.2, -0.15) is 0 Å². The number of carbonyl (C=O) groups excluding carboxylic acids is 1. The standard InChI is InChI=1S/C9H10N4OS2/c1-5(7(10)14)16-9-11-8(12-13-9)6-3-2-4-15-6/h2-5H,1H3,(H2,10,14)(H,11,12,13)/t5-/m1/s1. The topological polar surface area (TPSA) is 84.7 Å². The maximum absolute atomic E-state index is 10.9. The summed E-state index contributed by atoms with van der Waals surface area (Å²) >= 11 is 2.83. The van der Waals surface area contributed by atoms with Crippen LogP contribution in [0.3, 0.4) is 0 Å². The molecule has 3 N–H and O–H groups in total. The Bertz CT molecular complexity index is 479. The minimum Gasteiger partial charge on any atom is -0.369 e. The van der Waals surface area contributed by atoms with Gasteiger partial charge in [-0.1, -0.05) is 17.8 Å². The predicted molar refractivity (Wildman–Crippen MR) is 64.2 cm³/mol. The summed E-state index contributed by atoms with van der Waals surface area (Å²) in [5, 5.41) is 9.03. The van der Waals surface area contributed by atoms with Crippen molar-refractivity contribution in [3.05, 3.63) is 17.5 Å². The van der Waals surface area contributed by atoms with Crippen molar-refractivity contribution in [2.24, 2.45) is 5.73 Å². The molecule has 0 saturated heterocycles. The number of thiophene rings is 1. The van der Waals surface area contributed by atoms with Crippen molar-refractivity contribution >= 4 is 29.0 Å².